The number of ether oxygens (including phenoxy) is 1. The smallest absolute Gasteiger partial charge is 0.214 e. The first-order valence-corrected chi connectivity index (χ1v) is 7.86. The molecule has 0 saturated heterocycles. The van der Waals surface area contributed by atoms with Crippen molar-refractivity contribution in [2.75, 3.05) is 19.4 Å². The Morgan fingerprint density at radius 1 is 1.39 bits per heavy atom. The quantitative estimate of drug-likeness (QED) is 0.731. The highest BCUT2D eigenvalue weighted by molar-refractivity contribution is 7.89. The van der Waals surface area contributed by atoms with Crippen LogP contribution in [0.3, 0.4) is 0 Å². The van der Waals surface area contributed by atoms with Gasteiger partial charge in [0.05, 0.1) is 11.9 Å². The maximum atomic E-state index is 11.9. The fourth-order valence-corrected chi connectivity index (χ4v) is 3.95. The molecule has 1 rings (SSSR count). The van der Waals surface area contributed by atoms with Crippen LogP contribution in [0.25, 0.3) is 0 Å². The van der Waals surface area contributed by atoms with Crippen molar-refractivity contribution < 1.29 is 13.2 Å². The highest BCUT2D eigenvalue weighted by atomic mass is 35.5. The van der Waals surface area contributed by atoms with Crippen LogP contribution in [0.1, 0.15) is 32.6 Å². The highest BCUT2D eigenvalue weighted by Gasteiger charge is 2.28. The van der Waals surface area contributed by atoms with Gasteiger partial charge in [-0.05, 0) is 25.7 Å². The lowest BCUT2D eigenvalue weighted by molar-refractivity contribution is 0.136. The van der Waals surface area contributed by atoms with Crippen LogP contribution >= 0.6 is 12.4 Å². The second kappa shape index (κ2) is 8.32. The van der Waals surface area contributed by atoms with Gasteiger partial charge in [0.25, 0.3) is 0 Å². The van der Waals surface area contributed by atoms with Crippen LogP contribution in [0.2, 0.25) is 0 Å². The monoisotopic (exact) mass is 300 g/mol. The molecule has 18 heavy (non-hydrogen) atoms. The third kappa shape index (κ3) is 5.84. The van der Waals surface area contributed by atoms with Crippen LogP contribution < -0.4 is 10.5 Å². The SMILES string of the molecule is COC(C)CS(=O)(=O)NC(CN)C1CCCC1.Cl. The van der Waals surface area contributed by atoms with Gasteiger partial charge in [0, 0.05) is 19.7 Å². The minimum Gasteiger partial charge on any atom is -0.381 e. The predicted octanol–water partition coefficient (Wildman–Crippen LogP) is 0.880. The first-order chi connectivity index (χ1) is 7.98. The average molecular weight is 301 g/mol. The normalized spacial score (nSPS) is 20.4. The summed E-state index contributed by atoms with van der Waals surface area (Å²) in [5.41, 5.74) is 5.66. The lowest BCUT2D eigenvalue weighted by Crippen LogP contribution is -2.46. The van der Waals surface area contributed by atoms with Gasteiger partial charge in [-0.1, -0.05) is 12.8 Å². The van der Waals surface area contributed by atoms with E-state index in [2.05, 4.69) is 4.72 Å². The fourth-order valence-electron chi connectivity index (χ4n) is 2.35. The maximum Gasteiger partial charge on any atom is 0.214 e. The first kappa shape index (κ1) is 18.1. The zero-order chi connectivity index (χ0) is 12.9. The van der Waals surface area contributed by atoms with Gasteiger partial charge >= 0.3 is 0 Å². The molecule has 1 fully saturated rings. The lowest BCUT2D eigenvalue weighted by atomic mass is 9.99. The third-order valence-electron chi connectivity index (χ3n) is 3.41. The molecule has 1 aliphatic rings. The van der Waals surface area contributed by atoms with Gasteiger partial charge in [0.2, 0.25) is 10.0 Å². The molecule has 0 radical (unpaired) electrons. The summed E-state index contributed by atoms with van der Waals surface area (Å²) in [4.78, 5) is 0. The molecule has 2 atom stereocenters. The molecule has 0 amide bonds. The van der Waals surface area contributed by atoms with Crippen LogP contribution in [-0.4, -0.2) is 40.0 Å². The Hall–Kier alpha value is 0.120. The molecular weight excluding hydrogens is 276 g/mol. The van der Waals surface area contributed by atoms with E-state index in [1.165, 1.54) is 20.0 Å². The molecule has 0 bridgehead atoms. The second-order valence-electron chi connectivity index (χ2n) is 4.83. The Morgan fingerprint density at radius 2 is 1.94 bits per heavy atom. The topological polar surface area (TPSA) is 81.4 Å². The van der Waals surface area contributed by atoms with E-state index in [1.54, 1.807) is 6.92 Å². The van der Waals surface area contributed by atoms with Crippen molar-refractivity contribution >= 4 is 22.4 Å². The van der Waals surface area contributed by atoms with Crippen LogP contribution in [0, 0.1) is 5.92 Å². The van der Waals surface area contributed by atoms with Gasteiger partial charge in [-0.25, -0.2) is 13.1 Å². The van der Waals surface area contributed by atoms with Crippen molar-refractivity contribution in [3.05, 3.63) is 0 Å². The van der Waals surface area contributed by atoms with Crippen molar-refractivity contribution in [2.24, 2.45) is 11.7 Å². The Balaban J connectivity index is 0.00000289. The zero-order valence-corrected chi connectivity index (χ0v) is 12.7. The molecule has 0 aromatic rings. The van der Waals surface area contributed by atoms with E-state index in [4.69, 9.17) is 10.5 Å². The molecule has 2 unspecified atom stereocenters. The number of nitrogens with one attached hydrogen (secondary N) is 1. The van der Waals surface area contributed by atoms with Crippen molar-refractivity contribution in [3.8, 4) is 0 Å². The molecule has 3 N–H and O–H groups in total. The molecule has 0 spiro atoms. The summed E-state index contributed by atoms with van der Waals surface area (Å²) >= 11 is 0. The Bertz CT molecular complexity index is 318. The van der Waals surface area contributed by atoms with Crippen LogP contribution in [0.4, 0.5) is 0 Å². The number of nitrogens with two attached hydrogens (primary N) is 1. The molecule has 0 aromatic heterocycles. The van der Waals surface area contributed by atoms with E-state index in [-0.39, 0.29) is 30.3 Å². The standard InChI is InChI=1S/C11H24N2O3S.ClH/c1-9(16-2)8-17(14,15)13-11(7-12)10-5-3-4-6-10;/h9-11,13H,3-8,12H2,1-2H3;1H. The van der Waals surface area contributed by atoms with E-state index >= 15 is 0 Å². The Kier molecular flexibility index (Phi) is 8.38. The van der Waals surface area contributed by atoms with Crippen molar-refractivity contribution in [3.63, 3.8) is 0 Å². The van der Waals surface area contributed by atoms with Gasteiger partial charge in [-0.3, -0.25) is 0 Å². The first-order valence-electron chi connectivity index (χ1n) is 6.21. The molecule has 110 valence electrons. The molecule has 5 nitrogen and oxygen atoms in total. The summed E-state index contributed by atoms with van der Waals surface area (Å²) in [5, 5.41) is 0. The predicted molar refractivity (Wildman–Crippen MR) is 75.4 cm³/mol. The largest absolute Gasteiger partial charge is 0.381 e. The van der Waals surface area contributed by atoms with E-state index in [0.29, 0.717) is 12.5 Å². The maximum absolute atomic E-state index is 11.9. The summed E-state index contributed by atoms with van der Waals surface area (Å²) in [7, 11) is -1.79. The number of halogens is 1. The van der Waals surface area contributed by atoms with Gasteiger partial charge in [0.1, 0.15) is 0 Å². The summed E-state index contributed by atoms with van der Waals surface area (Å²) in [6.45, 7) is 2.11. The minimum absolute atomic E-state index is 0. The van der Waals surface area contributed by atoms with Crippen LogP contribution in [-0.2, 0) is 14.8 Å². The summed E-state index contributed by atoms with van der Waals surface area (Å²) in [6.07, 6.45) is 4.21. The van der Waals surface area contributed by atoms with Gasteiger partial charge < -0.3 is 10.5 Å². The Labute approximate surface area is 116 Å². The molecule has 1 aliphatic carbocycles. The molecular formula is C11H25ClN2O3S. The highest BCUT2D eigenvalue weighted by Crippen LogP contribution is 2.27. The van der Waals surface area contributed by atoms with Gasteiger partial charge in [0.15, 0.2) is 0 Å². The lowest BCUT2D eigenvalue weighted by Gasteiger charge is -2.23. The summed E-state index contributed by atoms with van der Waals surface area (Å²) in [5.74, 6) is 0.389. The van der Waals surface area contributed by atoms with Gasteiger partial charge in [-0.2, -0.15) is 0 Å². The van der Waals surface area contributed by atoms with Crippen LogP contribution in [0.15, 0.2) is 0 Å². The third-order valence-corrected chi connectivity index (χ3v) is 4.98. The van der Waals surface area contributed by atoms with Gasteiger partial charge in [-0.15, -0.1) is 12.4 Å². The summed E-state index contributed by atoms with van der Waals surface area (Å²) < 4.78 is 31.5. The molecule has 0 aromatic carbocycles. The summed E-state index contributed by atoms with van der Waals surface area (Å²) in [6, 6.07) is -0.119. The number of sulfonamides is 1. The van der Waals surface area contributed by atoms with E-state index in [0.717, 1.165) is 12.8 Å². The molecule has 0 aliphatic heterocycles. The van der Waals surface area contributed by atoms with Crippen molar-refractivity contribution in [1.82, 2.24) is 4.72 Å². The Morgan fingerprint density at radius 3 is 2.39 bits per heavy atom. The number of hydrogen-bond donors (Lipinski definition) is 2. The molecule has 0 heterocycles. The van der Waals surface area contributed by atoms with Crippen LogP contribution in [0.5, 0.6) is 0 Å². The second-order valence-corrected chi connectivity index (χ2v) is 6.63. The fraction of sp³-hybridized carbons (Fsp3) is 1.00. The van der Waals surface area contributed by atoms with Crippen molar-refractivity contribution in [1.29, 1.82) is 0 Å². The molecule has 1 saturated carbocycles. The number of methoxy groups -OCH3 is 1. The average Bonchev–Trinajstić information content (AvgIpc) is 2.78. The number of rotatable bonds is 7. The zero-order valence-electron chi connectivity index (χ0n) is 11.1. The minimum atomic E-state index is -3.30. The van der Waals surface area contributed by atoms with Crippen molar-refractivity contribution in [2.45, 2.75) is 44.8 Å². The van der Waals surface area contributed by atoms with E-state index in [9.17, 15) is 8.42 Å². The molecule has 7 heteroatoms. The van der Waals surface area contributed by atoms with E-state index in [1.807, 2.05) is 0 Å². The number of hydrogen-bond acceptors (Lipinski definition) is 4. The van der Waals surface area contributed by atoms with E-state index < -0.39 is 10.0 Å².